The van der Waals surface area contributed by atoms with Gasteiger partial charge in [-0.3, -0.25) is 4.99 Å². The van der Waals surface area contributed by atoms with Crippen molar-refractivity contribution in [1.29, 1.82) is 0 Å². The molecule has 0 fully saturated rings. The number of allylic oxidation sites excluding steroid dienone is 3. The first-order valence-electron chi connectivity index (χ1n) is 9.63. The van der Waals surface area contributed by atoms with Crippen LogP contribution in [0.3, 0.4) is 0 Å². The Morgan fingerprint density at radius 1 is 1.00 bits per heavy atom. The highest BCUT2D eigenvalue weighted by atomic mass is 19.1. The van der Waals surface area contributed by atoms with Gasteiger partial charge in [-0.25, -0.2) is 4.39 Å². The molecule has 0 saturated carbocycles. The van der Waals surface area contributed by atoms with Gasteiger partial charge in [-0.05, 0) is 80.8 Å². The first-order valence-corrected chi connectivity index (χ1v) is 9.63. The van der Waals surface area contributed by atoms with Crippen LogP contribution < -0.4 is 9.47 Å². The van der Waals surface area contributed by atoms with E-state index in [1.807, 2.05) is 64.1 Å². The maximum absolute atomic E-state index is 14.0. The summed E-state index contributed by atoms with van der Waals surface area (Å²) in [6.07, 6.45) is 8.78. The Morgan fingerprint density at radius 2 is 1.69 bits per heavy atom. The van der Waals surface area contributed by atoms with Crippen LogP contribution in [-0.4, -0.2) is 18.4 Å². The van der Waals surface area contributed by atoms with Gasteiger partial charge in [0.2, 0.25) is 0 Å². The van der Waals surface area contributed by atoms with E-state index in [0.717, 1.165) is 16.9 Å². The fourth-order valence-electron chi connectivity index (χ4n) is 2.47. The SMILES string of the molecule is C=C(\C=C/C=N/C=C/c1ccc(OC(C)C)c(F)c1)c1ccc(OC(C)C)cc1. The van der Waals surface area contributed by atoms with Crippen molar-refractivity contribution in [1.82, 2.24) is 0 Å². The average molecular weight is 394 g/mol. The molecule has 29 heavy (non-hydrogen) atoms. The molecule has 0 aliphatic rings. The summed E-state index contributed by atoms with van der Waals surface area (Å²) in [4.78, 5) is 4.17. The smallest absolute Gasteiger partial charge is 0.165 e. The van der Waals surface area contributed by atoms with Gasteiger partial charge >= 0.3 is 0 Å². The number of benzene rings is 2. The van der Waals surface area contributed by atoms with E-state index < -0.39 is 0 Å². The van der Waals surface area contributed by atoms with Gasteiger partial charge in [0.05, 0.1) is 12.2 Å². The van der Waals surface area contributed by atoms with Crippen LogP contribution in [-0.2, 0) is 0 Å². The van der Waals surface area contributed by atoms with Gasteiger partial charge in [-0.2, -0.15) is 0 Å². The monoisotopic (exact) mass is 393 g/mol. The molecule has 0 amide bonds. The molecule has 0 heterocycles. The summed E-state index contributed by atoms with van der Waals surface area (Å²) in [5.74, 6) is 0.712. The summed E-state index contributed by atoms with van der Waals surface area (Å²) < 4.78 is 25.0. The van der Waals surface area contributed by atoms with Gasteiger partial charge < -0.3 is 9.47 Å². The molecule has 0 aliphatic heterocycles. The predicted octanol–water partition coefficient (Wildman–Crippen LogP) is 6.71. The van der Waals surface area contributed by atoms with Gasteiger partial charge in [-0.15, -0.1) is 0 Å². The van der Waals surface area contributed by atoms with Crippen molar-refractivity contribution in [3.63, 3.8) is 0 Å². The third-order valence-electron chi connectivity index (χ3n) is 3.74. The van der Waals surface area contributed by atoms with E-state index in [4.69, 9.17) is 9.47 Å². The predicted molar refractivity (Wildman–Crippen MR) is 120 cm³/mol. The Balaban J connectivity index is 1.88. The Morgan fingerprint density at radius 3 is 2.31 bits per heavy atom. The molecule has 0 bridgehead atoms. The summed E-state index contributed by atoms with van der Waals surface area (Å²) >= 11 is 0. The van der Waals surface area contributed by atoms with Crippen molar-refractivity contribution in [3.8, 4) is 11.5 Å². The van der Waals surface area contributed by atoms with Crippen LogP contribution in [0.1, 0.15) is 38.8 Å². The van der Waals surface area contributed by atoms with E-state index in [2.05, 4.69) is 11.6 Å². The van der Waals surface area contributed by atoms with E-state index in [-0.39, 0.29) is 23.8 Å². The molecule has 2 aromatic rings. The topological polar surface area (TPSA) is 30.8 Å². The molecule has 152 valence electrons. The molecule has 2 aromatic carbocycles. The van der Waals surface area contributed by atoms with Crippen molar-refractivity contribution in [2.75, 3.05) is 0 Å². The zero-order valence-corrected chi connectivity index (χ0v) is 17.4. The highest BCUT2D eigenvalue weighted by molar-refractivity contribution is 5.80. The Bertz CT molecular complexity index is 894. The minimum absolute atomic E-state index is 0.0664. The van der Waals surface area contributed by atoms with E-state index in [0.29, 0.717) is 5.56 Å². The molecule has 3 nitrogen and oxygen atoms in total. The minimum atomic E-state index is -0.383. The summed E-state index contributed by atoms with van der Waals surface area (Å²) in [6.45, 7) is 11.8. The molecule has 0 radical (unpaired) electrons. The molecule has 2 rings (SSSR count). The van der Waals surface area contributed by atoms with Crippen molar-refractivity contribution in [2.24, 2.45) is 4.99 Å². The van der Waals surface area contributed by atoms with Crippen LogP contribution in [0.25, 0.3) is 11.6 Å². The highest BCUT2D eigenvalue weighted by Gasteiger charge is 2.05. The maximum Gasteiger partial charge on any atom is 0.165 e. The van der Waals surface area contributed by atoms with Crippen molar-refractivity contribution < 1.29 is 13.9 Å². The number of halogens is 1. The van der Waals surface area contributed by atoms with Crippen molar-refractivity contribution in [2.45, 2.75) is 39.9 Å². The second kappa shape index (κ2) is 11.0. The van der Waals surface area contributed by atoms with Crippen molar-refractivity contribution in [3.05, 3.63) is 84.3 Å². The molecule has 0 saturated heterocycles. The van der Waals surface area contributed by atoms with Gasteiger partial charge in [0, 0.05) is 12.4 Å². The zero-order valence-electron chi connectivity index (χ0n) is 17.4. The lowest BCUT2D eigenvalue weighted by Gasteiger charge is -2.10. The quantitative estimate of drug-likeness (QED) is 0.350. The Hall–Kier alpha value is -3.14. The first-order chi connectivity index (χ1) is 13.8. The normalized spacial score (nSPS) is 12.0. The molecule has 0 aliphatic carbocycles. The fourth-order valence-corrected chi connectivity index (χ4v) is 2.47. The molecule has 0 unspecified atom stereocenters. The Kier molecular flexibility index (Phi) is 8.41. The Labute approximate surface area is 172 Å². The summed E-state index contributed by atoms with van der Waals surface area (Å²) in [5, 5.41) is 0. The maximum atomic E-state index is 14.0. The second-order valence-corrected chi connectivity index (χ2v) is 7.05. The van der Waals surface area contributed by atoms with Gasteiger partial charge in [0.15, 0.2) is 11.6 Å². The van der Waals surface area contributed by atoms with Gasteiger partial charge in [-0.1, -0.05) is 30.9 Å². The number of ether oxygens (including phenoxy) is 2. The van der Waals surface area contributed by atoms with E-state index in [9.17, 15) is 4.39 Å². The van der Waals surface area contributed by atoms with E-state index >= 15 is 0 Å². The van der Waals surface area contributed by atoms with E-state index in [1.165, 1.54) is 6.07 Å². The van der Waals surface area contributed by atoms with Crippen LogP contribution in [0.4, 0.5) is 4.39 Å². The van der Waals surface area contributed by atoms with E-state index in [1.54, 1.807) is 30.6 Å². The minimum Gasteiger partial charge on any atom is -0.491 e. The lowest BCUT2D eigenvalue weighted by Crippen LogP contribution is -2.06. The molecule has 0 atom stereocenters. The molecule has 0 N–H and O–H groups in total. The van der Waals surface area contributed by atoms with Crippen LogP contribution >= 0.6 is 0 Å². The average Bonchev–Trinajstić information content (AvgIpc) is 2.66. The van der Waals surface area contributed by atoms with Crippen LogP contribution in [0.5, 0.6) is 11.5 Å². The number of hydrogen-bond donors (Lipinski definition) is 0. The van der Waals surface area contributed by atoms with Crippen molar-refractivity contribution >= 4 is 17.9 Å². The molecular formula is C25H28FNO2. The molecular weight excluding hydrogens is 365 g/mol. The summed E-state index contributed by atoms with van der Waals surface area (Å²) in [7, 11) is 0. The summed E-state index contributed by atoms with van der Waals surface area (Å²) in [6, 6.07) is 12.7. The standard InChI is InChI=1S/C25H28FNO2/c1-18(2)28-23-11-9-22(10-12-23)20(5)7-6-15-27-16-14-21-8-13-25(24(26)17-21)29-19(3)4/h6-19H,5H2,1-4H3/b7-6-,16-14+,27-15+. The zero-order chi connectivity index (χ0) is 21.2. The van der Waals surface area contributed by atoms with Crippen LogP contribution in [0.2, 0.25) is 0 Å². The number of rotatable bonds is 9. The highest BCUT2D eigenvalue weighted by Crippen LogP contribution is 2.21. The number of hydrogen-bond acceptors (Lipinski definition) is 3. The lowest BCUT2D eigenvalue weighted by atomic mass is 10.1. The second-order valence-electron chi connectivity index (χ2n) is 7.05. The largest absolute Gasteiger partial charge is 0.491 e. The van der Waals surface area contributed by atoms with Gasteiger partial charge in [0.25, 0.3) is 0 Å². The molecule has 0 aromatic heterocycles. The third kappa shape index (κ3) is 7.78. The fraction of sp³-hybridized carbons (Fsp3) is 0.240. The molecule has 0 spiro atoms. The van der Waals surface area contributed by atoms with Crippen LogP contribution in [0, 0.1) is 5.82 Å². The number of aliphatic imine (C=N–C) groups is 1. The summed E-state index contributed by atoms with van der Waals surface area (Å²) in [5.41, 5.74) is 2.60. The first kappa shape index (κ1) is 22.2. The lowest BCUT2D eigenvalue weighted by molar-refractivity contribution is 0.231. The number of nitrogens with zero attached hydrogens (tertiary/aromatic N) is 1. The third-order valence-corrected chi connectivity index (χ3v) is 3.74. The van der Waals surface area contributed by atoms with Gasteiger partial charge in [0.1, 0.15) is 5.75 Å². The molecule has 4 heteroatoms. The van der Waals surface area contributed by atoms with Crippen LogP contribution in [0.15, 0.2) is 72.4 Å².